The molecule has 1 saturated heterocycles. The first-order valence-electron chi connectivity index (χ1n) is 9.85. The number of thioether (sulfide) groups is 1. The van der Waals surface area contributed by atoms with Crippen molar-refractivity contribution in [1.82, 2.24) is 0 Å². The van der Waals surface area contributed by atoms with E-state index in [4.69, 9.17) is 23.2 Å². The van der Waals surface area contributed by atoms with Gasteiger partial charge in [0, 0.05) is 16.4 Å². The standard InChI is InChI=1S/C24H20Cl2N2O2S/c1-2-15-5-3-8-19(11-15)28-22(29)14-31-24(28)16-6-4-7-18(12-16)27-23(30)20-10-9-17(25)13-21(20)26/h3-13,24H,2,14H2,1H3,(H,27,30). The van der Waals surface area contributed by atoms with Crippen molar-refractivity contribution in [3.05, 3.63) is 93.5 Å². The summed E-state index contributed by atoms with van der Waals surface area (Å²) >= 11 is 13.7. The normalized spacial score (nSPS) is 15.9. The molecule has 1 heterocycles. The van der Waals surface area contributed by atoms with Gasteiger partial charge in [-0.1, -0.05) is 54.4 Å². The molecule has 1 aliphatic rings. The number of nitrogens with one attached hydrogen (secondary N) is 1. The number of rotatable bonds is 5. The molecule has 0 aromatic heterocycles. The highest BCUT2D eigenvalue weighted by Gasteiger charge is 2.34. The number of nitrogens with zero attached hydrogens (tertiary/aromatic N) is 1. The van der Waals surface area contributed by atoms with Crippen molar-refractivity contribution in [2.75, 3.05) is 16.0 Å². The number of hydrogen-bond acceptors (Lipinski definition) is 3. The first-order valence-corrected chi connectivity index (χ1v) is 11.7. The van der Waals surface area contributed by atoms with Crippen molar-refractivity contribution in [1.29, 1.82) is 0 Å². The van der Waals surface area contributed by atoms with E-state index in [0.717, 1.165) is 17.7 Å². The topological polar surface area (TPSA) is 49.4 Å². The second-order valence-electron chi connectivity index (χ2n) is 7.15. The molecule has 4 rings (SSSR count). The quantitative estimate of drug-likeness (QED) is 0.457. The molecule has 0 bridgehead atoms. The molecule has 4 nitrogen and oxygen atoms in total. The highest BCUT2D eigenvalue weighted by Crippen LogP contribution is 2.42. The van der Waals surface area contributed by atoms with Crippen molar-refractivity contribution in [3.63, 3.8) is 0 Å². The van der Waals surface area contributed by atoms with Crippen molar-refractivity contribution >= 4 is 58.2 Å². The van der Waals surface area contributed by atoms with E-state index >= 15 is 0 Å². The van der Waals surface area contributed by atoms with E-state index in [9.17, 15) is 9.59 Å². The molecule has 158 valence electrons. The minimum atomic E-state index is -0.318. The SMILES string of the molecule is CCc1cccc(N2C(=O)CSC2c2cccc(NC(=O)c3ccc(Cl)cc3Cl)c2)c1. The molecule has 0 radical (unpaired) electrons. The number of halogens is 2. The van der Waals surface area contributed by atoms with Gasteiger partial charge in [-0.2, -0.15) is 0 Å². The Morgan fingerprint density at radius 2 is 1.90 bits per heavy atom. The maximum absolute atomic E-state index is 12.7. The summed E-state index contributed by atoms with van der Waals surface area (Å²) < 4.78 is 0. The van der Waals surface area contributed by atoms with Crippen molar-refractivity contribution in [2.24, 2.45) is 0 Å². The van der Waals surface area contributed by atoms with E-state index in [2.05, 4.69) is 24.4 Å². The fourth-order valence-electron chi connectivity index (χ4n) is 3.52. The van der Waals surface area contributed by atoms with Gasteiger partial charge in [-0.3, -0.25) is 14.5 Å². The van der Waals surface area contributed by atoms with E-state index in [-0.39, 0.29) is 17.2 Å². The molecule has 2 amide bonds. The smallest absolute Gasteiger partial charge is 0.257 e. The fraction of sp³-hybridized carbons (Fsp3) is 0.167. The zero-order valence-electron chi connectivity index (χ0n) is 16.8. The van der Waals surface area contributed by atoms with Crippen LogP contribution in [-0.4, -0.2) is 17.6 Å². The number of anilines is 2. The van der Waals surface area contributed by atoms with E-state index < -0.39 is 0 Å². The van der Waals surface area contributed by atoms with Gasteiger partial charge in [0.1, 0.15) is 5.37 Å². The van der Waals surface area contributed by atoms with Gasteiger partial charge < -0.3 is 5.32 Å². The van der Waals surface area contributed by atoms with Crippen LogP contribution < -0.4 is 10.2 Å². The summed E-state index contributed by atoms with van der Waals surface area (Å²) in [5.74, 6) is 0.171. The predicted octanol–water partition coefficient (Wildman–Crippen LogP) is 6.59. The lowest BCUT2D eigenvalue weighted by molar-refractivity contribution is -0.115. The van der Waals surface area contributed by atoms with Crippen LogP contribution in [0.3, 0.4) is 0 Å². The van der Waals surface area contributed by atoms with E-state index in [1.807, 2.05) is 41.3 Å². The summed E-state index contributed by atoms with van der Waals surface area (Å²) in [6, 6.07) is 20.4. The molecule has 31 heavy (non-hydrogen) atoms. The number of benzene rings is 3. The van der Waals surface area contributed by atoms with Crippen molar-refractivity contribution in [3.8, 4) is 0 Å². The zero-order valence-corrected chi connectivity index (χ0v) is 19.1. The Hall–Kier alpha value is -2.47. The molecule has 1 N–H and O–H groups in total. The van der Waals surface area contributed by atoms with Gasteiger partial charge >= 0.3 is 0 Å². The summed E-state index contributed by atoms with van der Waals surface area (Å²) in [5.41, 5.74) is 4.00. The van der Waals surface area contributed by atoms with E-state index in [1.54, 1.807) is 23.9 Å². The Kier molecular flexibility index (Phi) is 6.56. The van der Waals surface area contributed by atoms with Gasteiger partial charge in [0.15, 0.2) is 0 Å². The second kappa shape index (κ2) is 9.35. The Labute approximate surface area is 195 Å². The molecule has 1 atom stereocenters. The number of amides is 2. The maximum Gasteiger partial charge on any atom is 0.257 e. The molecule has 3 aromatic rings. The molecule has 1 unspecified atom stereocenters. The third-order valence-electron chi connectivity index (χ3n) is 5.07. The van der Waals surface area contributed by atoms with Crippen molar-refractivity contribution < 1.29 is 9.59 Å². The molecule has 1 fully saturated rings. The molecule has 0 spiro atoms. The molecule has 1 aliphatic heterocycles. The Morgan fingerprint density at radius 1 is 1.10 bits per heavy atom. The van der Waals surface area contributed by atoms with Crippen LogP contribution in [0, 0.1) is 0 Å². The number of carbonyl (C=O) groups excluding carboxylic acids is 2. The fourth-order valence-corrected chi connectivity index (χ4v) is 5.18. The molecule has 0 aliphatic carbocycles. The van der Waals surface area contributed by atoms with Gasteiger partial charge in [0.05, 0.1) is 16.3 Å². The summed E-state index contributed by atoms with van der Waals surface area (Å²) in [4.78, 5) is 27.2. The highest BCUT2D eigenvalue weighted by molar-refractivity contribution is 8.00. The molecule has 0 saturated carbocycles. The van der Waals surface area contributed by atoms with Crippen LogP contribution in [0.25, 0.3) is 0 Å². The molecule has 3 aromatic carbocycles. The lowest BCUT2D eigenvalue weighted by Gasteiger charge is -2.25. The average molecular weight is 471 g/mol. The van der Waals surface area contributed by atoms with E-state index in [0.29, 0.717) is 27.0 Å². The van der Waals surface area contributed by atoms with Crippen LogP contribution in [0.4, 0.5) is 11.4 Å². The minimum Gasteiger partial charge on any atom is -0.322 e. The summed E-state index contributed by atoms with van der Waals surface area (Å²) in [7, 11) is 0. The Balaban J connectivity index is 1.59. The monoisotopic (exact) mass is 470 g/mol. The van der Waals surface area contributed by atoms with Crippen LogP contribution in [-0.2, 0) is 11.2 Å². The van der Waals surface area contributed by atoms with Crippen LogP contribution in [0.2, 0.25) is 10.0 Å². The van der Waals surface area contributed by atoms with Gasteiger partial charge in [-0.05, 0) is 60.0 Å². The molecule has 7 heteroatoms. The third kappa shape index (κ3) is 4.74. The molecular weight excluding hydrogens is 451 g/mol. The van der Waals surface area contributed by atoms with Crippen LogP contribution >= 0.6 is 35.0 Å². The zero-order chi connectivity index (χ0) is 22.0. The summed E-state index contributed by atoms with van der Waals surface area (Å²) in [6.45, 7) is 2.09. The van der Waals surface area contributed by atoms with Gasteiger partial charge in [0.2, 0.25) is 5.91 Å². The van der Waals surface area contributed by atoms with Gasteiger partial charge in [-0.25, -0.2) is 0 Å². The molecular formula is C24H20Cl2N2O2S. The number of hydrogen-bond donors (Lipinski definition) is 1. The second-order valence-corrected chi connectivity index (χ2v) is 9.07. The summed E-state index contributed by atoms with van der Waals surface area (Å²) in [6.07, 6.45) is 0.905. The minimum absolute atomic E-state index is 0.0747. The lowest BCUT2D eigenvalue weighted by Crippen LogP contribution is -2.28. The third-order valence-corrected chi connectivity index (χ3v) is 6.83. The van der Waals surface area contributed by atoms with Crippen molar-refractivity contribution in [2.45, 2.75) is 18.7 Å². The Bertz CT molecular complexity index is 1150. The number of carbonyl (C=O) groups is 2. The number of aryl methyl sites for hydroxylation is 1. The first-order chi connectivity index (χ1) is 15.0. The first kappa shape index (κ1) is 21.8. The lowest BCUT2D eigenvalue weighted by atomic mass is 10.1. The van der Waals surface area contributed by atoms with Gasteiger partial charge in [0.25, 0.3) is 5.91 Å². The largest absolute Gasteiger partial charge is 0.322 e. The Morgan fingerprint density at radius 3 is 2.68 bits per heavy atom. The van der Waals surface area contributed by atoms with E-state index in [1.165, 1.54) is 11.6 Å². The van der Waals surface area contributed by atoms with Crippen LogP contribution in [0.1, 0.15) is 33.8 Å². The predicted molar refractivity (Wildman–Crippen MR) is 129 cm³/mol. The van der Waals surface area contributed by atoms with Crippen LogP contribution in [0.5, 0.6) is 0 Å². The summed E-state index contributed by atoms with van der Waals surface area (Å²) in [5, 5.41) is 3.49. The highest BCUT2D eigenvalue weighted by atomic mass is 35.5. The van der Waals surface area contributed by atoms with Gasteiger partial charge in [-0.15, -0.1) is 11.8 Å². The average Bonchev–Trinajstić information content (AvgIpc) is 3.15. The maximum atomic E-state index is 12.7. The van der Waals surface area contributed by atoms with Crippen LogP contribution in [0.15, 0.2) is 66.7 Å².